The minimum atomic E-state index is -0.407. The van der Waals surface area contributed by atoms with Gasteiger partial charge in [0.05, 0.1) is 18.8 Å². The molecule has 1 aromatic heterocycles. The lowest BCUT2D eigenvalue weighted by molar-refractivity contribution is -0.144. The van der Waals surface area contributed by atoms with Crippen LogP contribution in [0.1, 0.15) is 13.8 Å². The van der Waals surface area contributed by atoms with Crippen LogP contribution in [0.2, 0.25) is 0 Å². The standard InChI is InChI=1S/C12H17N3O4/c1-8-7-19-9(2)5-14(8)12(18)6-15-11(17)4-3-10(16)13-15/h3-4,8-9H,5-7H2,1-2H3,(H,13,16). The molecule has 0 aromatic carbocycles. The molecule has 1 aliphatic heterocycles. The number of carbonyl (C=O) groups excluding carboxylic acids is 1. The average molecular weight is 267 g/mol. The SMILES string of the molecule is CC1CN(C(=O)Cn2[nH]c(=O)ccc2=O)C(C)CO1. The summed E-state index contributed by atoms with van der Waals surface area (Å²) < 4.78 is 6.47. The number of amides is 1. The first kappa shape index (κ1) is 13.5. The number of aromatic amines is 1. The maximum Gasteiger partial charge on any atom is 0.265 e. The monoisotopic (exact) mass is 267 g/mol. The molecule has 7 heteroatoms. The topological polar surface area (TPSA) is 84.4 Å². The quantitative estimate of drug-likeness (QED) is 0.758. The van der Waals surface area contributed by atoms with Crippen molar-refractivity contribution < 1.29 is 9.53 Å². The number of hydrogen-bond acceptors (Lipinski definition) is 4. The first-order valence-electron chi connectivity index (χ1n) is 6.18. The van der Waals surface area contributed by atoms with Crippen LogP contribution in [0.15, 0.2) is 21.7 Å². The molecule has 2 rings (SSSR count). The minimum Gasteiger partial charge on any atom is -0.375 e. The molecule has 0 aliphatic carbocycles. The van der Waals surface area contributed by atoms with Crippen molar-refractivity contribution in [3.63, 3.8) is 0 Å². The second-order valence-corrected chi connectivity index (χ2v) is 4.77. The summed E-state index contributed by atoms with van der Waals surface area (Å²) >= 11 is 0. The van der Waals surface area contributed by atoms with Crippen molar-refractivity contribution in [3.8, 4) is 0 Å². The number of H-pyrrole nitrogens is 1. The Bertz CT molecular complexity index is 577. The molecule has 1 aliphatic rings. The number of aromatic nitrogens is 2. The van der Waals surface area contributed by atoms with Gasteiger partial charge < -0.3 is 9.64 Å². The van der Waals surface area contributed by atoms with E-state index in [0.717, 1.165) is 16.8 Å². The van der Waals surface area contributed by atoms with E-state index in [2.05, 4.69) is 5.10 Å². The summed E-state index contributed by atoms with van der Waals surface area (Å²) in [5.74, 6) is -0.202. The van der Waals surface area contributed by atoms with Crippen molar-refractivity contribution in [1.82, 2.24) is 14.7 Å². The summed E-state index contributed by atoms with van der Waals surface area (Å²) in [6, 6.07) is 2.26. The fourth-order valence-corrected chi connectivity index (χ4v) is 2.06. The van der Waals surface area contributed by atoms with Gasteiger partial charge in [-0.3, -0.25) is 19.5 Å². The van der Waals surface area contributed by atoms with Gasteiger partial charge in [0.1, 0.15) is 6.54 Å². The maximum atomic E-state index is 12.2. The van der Waals surface area contributed by atoms with Crippen LogP contribution in [-0.4, -0.2) is 45.9 Å². The van der Waals surface area contributed by atoms with Crippen LogP contribution in [0.3, 0.4) is 0 Å². The second-order valence-electron chi connectivity index (χ2n) is 4.77. The van der Waals surface area contributed by atoms with E-state index in [1.54, 1.807) is 4.90 Å². The van der Waals surface area contributed by atoms with Gasteiger partial charge in [-0.25, -0.2) is 4.68 Å². The van der Waals surface area contributed by atoms with Crippen molar-refractivity contribution in [2.45, 2.75) is 32.5 Å². The summed E-state index contributed by atoms with van der Waals surface area (Å²) in [6.45, 7) is 4.59. The molecular weight excluding hydrogens is 250 g/mol. The lowest BCUT2D eigenvalue weighted by Gasteiger charge is -2.36. The number of nitrogens with zero attached hydrogens (tertiary/aromatic N) is 2. The number of nitrogens with one attached hydrogen (secondary N) is 1. The Balaban J connectivity index is 2.14. The first-order valence-corrected chi connectivity index (χ1v) is 6.18. The van der Waals surface area contributed by atoms with Gasteiger partial charge in [-0.2, -0.15) is 0 Å². The molecule has 1 fully saturated rings. The normalized spacial score (nSPS) is 23.4. The molecule has 104 valence electrons. The van der Waals surface area contributed by atoms with Crippen molar-refractivity contribution in [2.24, 2.45) is 0 Å². The third-order valence-electron chi connectivity index (χ3n) is 3.11. The molecule has 19 heavy (non-hydrogen) atoms. The summed E-state index contributed by atoms with van der Waals surface area (Å²) in [5.41, 5.74) is -0.808. The van der Waals surface area contributed by atoms with E-state index < -0.39 is 11.1 Å². The van der Waals surface area contributed by atoms with Crippen molar-refractivity contribution in [1.29, 1.82) is 0 Å². The van der Waals surface area contributed by atoms with Crippen LogP contribution in [0.25, 0.3) is 0 Å². The number of ether oxygens (including phenoxy) is 1. The molecule has 1 saturated heterocycles. The molecule has 7 nitrogen and oxygen atoms in total. The zero-order valence-corrected chi connectivity index (χ0v) is 11.0. The number of rotatable bonds is 2. The number of hydrogen-bond donors (Lipinski definition) is 1. The van der Waals surface area contributed by atoms with Gasteiger partial charge in [-0.15, -0.1) is 0 Å². The van der Waals surface area contributed by atoms with Crippen LogP contribution in [0.4, 0.5) is 0 Å². The van der Waals surface area contributed by atoms with E-state index in [-0.39, 0.29) is 24.6 Å². The highest BCUT2D eigenvalue weighted by Crippen LogP contribution is 2.11. The van der Waals surface area contributed by atoms with Crippen molar-refractivity contribution >= 4 is 5.91 Å². The van der Waals surface area contributed by atoms with E-state index in [9.17, 15) is 14.4 Å². The summed E-state index contributed by atoms with van der Waals surface area (Å²) in [6.07, 6.45) is -0.0216. The van der Waals surface area contributed by atoms with E-state index >= 15 is 0 Å². The van der Waals surface area contributed by atoms with Gasteiger partial charge in [0, 0.05) is 18.7 Å². The van der Waals surface area contributed by atoms with Crippen LogP contribution < -0.4 is 11.1 Å². The lowest BCUT2D eigenvalue weighted by Crippen LogP contribution is -2.52. The van der Waals surface area contributed by atoms with Gasteiger partial charge in [0.15, 0.2) is 0 Å². The molecule has 0 bridgehead atoms. The fraction of sp³-hybridized carbons (Fsp3) is 0.583. The third-order valence-corrected chi connectivity index (χ3v) is 3.11. The Kier molecular flexibility index (Phi) is 3.84. The predicted octanol–water partition coefficient (Wildman–Crippen LogP) is -0.828. The van der Waals surface area contributed by atoms with Gasteiger partial charge in [-0.05, 0) is 13.8 Å². The van der Waals surface area contributed by atoms with Crippen LogP contribution in [-0.2, 0) is 16.1 Å². The Morgan fingerprint density at radius 3 is 2.89 bits per heavy atom. The van der Waals surface area contributed by atoms with Gasteiger partial charge in [0.25, 0.3) is 11.1 Å². The molecule has 0 radical (unpaired) electrons. The Labute approximate surface area is 109 Å². The molecule has 0 spiro atoms. The van der Waals surface area contributed by atoms with E-state index in [0.29, 0.717) is 13.2 Å². The fourth-order valence-electron chi connectivity index (χ4n) is 2.06. The highest BCUT2D eigenvalue weighted by molar-refractivity contribution is 5.76. The van der Waals surface area contributed by atoms with Gasteiger partial charge in [-0.1, -0.05) is 0 Å². The van der Waals surface area contributed by atoms with E-state index in [1.807, 2.05) is 13.8 Å². The van der Waals surface area contributed by atoms with Gasteiger partial charge >= 0.3 is 0 Å². The van der Waals surface area contributed by atoms with Crippen LogP contribution >= 0.6 is 0 Å². The Hall–Kier alpha value is -1.89. The Morgan fingerprint density at radius 2 is 2.16 bits per heavy atom. The zero-order valence-electron chi connectivity index (χ0n) is 11.0. The number of morpholine rings is 1. The lowest BCUT2D eigenvalue weighted by atomic mass is 10.2. The minimum absolute atomic E-state index is 0.0216. The summed E-state index contributed by atoms with van der Waals surface area (Å²) in [7, 11) is 0. The molecule has 0 saturated carbocycles. The third kappa shape index (κ3) is 3.11. The molecule has 1 amide bonds. The first-order chi connectivity index (χ1) is 8.97. The van der Waals surface area contributed by atoms with Gasteiger partial charge in [0.2, 0.25) is 5.91 Å². The average Bonchev–Trinajstić information content (AvgIpc) is 2.36. The molecule has 2 atom stereocenters. The van der Waals surface area contributed by atoms with Crippen LogP contribution in [0, 0.1) is 0 Å². The van der Waals surface area contributed by atoms with E-state index in [4.69, 9.17) is 4.74 Å². The van der Waals surface area contributed by atoms with Crippen LogP contribution in [0.5, 0.6) is 0 Å². The van der Waals surface area contributed by atoms with Crippen molar-refractivity contribution in [3.05, 3.63) is 32.8 Å². The summed E-state index contributed by atoms with van der Waals surface area (Å²) in [4.78, 5) is 36.5. The summed E-state index contributed by atoms with van der Waals surface area (Å²) in [5, 5.41) is 2.34. The molecule has 2 unspecified atom stereocenters. The number of carbonyl (C=O) groups is 1. The molecule has 1 N–H and O–H groups in total. The molecule has 1 aromatic rings. The molecular formula is C12H17N3O4. The largest absolute Gasteiger partial charge is 0.375 e. The Morgan fingerprint density at radius 1 is 1.42 bits per heavy atom. The zero-order chi connectivity index (χ0) is 14.0. The van der Waals surface area contributed by atoms with E-state index in [1.165, 1.54) is 0 Å². The smallest absolute Gasteiger partial charge is 0.265 e. The highest BCUT2D eigenvalue weighted by Gasteiger charge is 2.27. The van der Waals surface area contributed by atoms with Crippen molar-refractivity contribution in [2.75, 3.05) is 13.2 Å². The highest BCUT2D eigenvalue weighted by atomic mass is 16.5. The second kappa shape index (κ2) is 5.40. The maximum absolute atomic E-state index is 12.2. The molecule has 2 heterocycles. The predicted molar refractivity (Wildman–Crippen MR) is 67.9 cm³/mol.